The van der Waals surface area contributed by atoms with Crippen LogP contribution in [0.4, 0.5) is 0 Å². The first kappa shape index (κ1) is 14.6. The van der Waals surface area contributed by atoms with Crippen molar-refractivity contribution in [3.63, 3.8) is 0 Å². The third kappa shape index (κ3) is 5.03. The van der Waals surface area contributed by atoms with Crippen LogP contribution in [0.25, 0.3) is 0 Å². The first-order valence-corrected chi connectivity index (χ1v) is 6.78. The second kappa shape index (κ2) is 7.67. The molecule has 1 aromatic heterocycles. The van der Waals surface area contributed by atoms with Gasteiger partial charge in [-0.3, -0.25) is 0 Å². The largest absolute Gasteiger partial charge is 0.491 e. The topological polar surface area (TPSA) is 59.3 Å². The summed E-state index contributed by atoms with van der Waals surface area (Å²) in [6, 6.07) is 7.80. The van der Waals surface area contributed by atoms with Gasteiger partial charge in [-0.2, -0.15) is 0 Å². The summed E-state index contributed by atoms with van der Waals surface area (Å²) >= 11 is 0. The molecule has 5 nitrogen and oxygen atoms in total. The van der Waals surface area contributed by atoms with E-state index in [0.717, 1.165) is 18.8 Å². The smallest absolute Gasteiger partial charge is 0.119 e. The lowest BCUT2D eigenvalue weighted by molar-refractivity contribution is 0.106. The van der Waals surface area contributed by atoms with E-state index < -0.39 is 6.10 Å². The minimum Gasteiger partial charge on any atom is -0.491 e. The van der Waals surface area contributed by atoms with E-state index >= 15 is 0 Å². The molecule has 2 aromatic rings. The van der Waals surface area contributed by atoms with Crippen LogP contribution in [0.2, 0.25) is 0 Å². The SMILES string of the molecule is Cc1ccc(OCC(O)CNCCn2ccnc2)cc1. The lowest BCUT2D eigenvalue weighted by atomic mass is 10.2. The Morgan fingerprint density at radius 2 is 2.15 bits per heavy atom. The highest BCUT2D eigenvalue weighted by Crippen LogP contribution is 2.11. The predicted octanol–water partition coefficient (Wildman–Crippen LogP) is 1.22. The quantitative estimate of drug-likeness (QED) is 0.711. The maximum Gasteiger partial charge on any atom is 0.119 e. The van der Waals surface area contributed by atoms with Gasteiger partial charge in [-0.1, -0.05) is 17.7 Å². The summed E-state index contributed by atoms with van der Waals surface area (Å²) in [5.41, 5.74) is 1.19. The number of imidazole rings is 1. The van der Waals surface area contributed by atoms with Crippen LogP contribution >= 0.6 is 0 Å². The van der Waals surface area contributed by atoms with Crippen molar-refractivity contribution < 1.29 is 9.84 Å². The van der Waals surface area contributed by atoms with Crippen molar-refractivity contribution in [2.24, 2.45) is 0 Å². The highest BCUT2D eigenvalue weighted by Gasteiger charge is 2.04. The number of nitrogens with zero attached hydrogens (tertiary/aromatic N) is 2. The van der Waals surface area contributed by atoms with Gasteiger partial charge in [0.15, 0.2) is 0 Å². The molecule has 0 saturated carbocycles. The van der Waals surface area contributed by atoms with Gasteiger partial charge in [-0.05, 0) is 19.1 Å². The molecule has 1 atom stereocenters. The van der Waals surface area contributed by atoms with E-state index in [4.69, 9.17) is 4.74 Å². The number of aromatic nitrogens is 2. The number of hydrogen-bond acceptors (Lipinski definition) is 4. The summed E-state index contributed by atoms with van der Waals surface area (Å²) in [6.07, 6.45) is 4.93. The maximum atomic E-state index is 9.82. The van der Waals surface area contributed by atoms with Crippen molar-refractivity contribution in [2.75, 3.05) is 19.7 Å². The van der Waals surface area contributed by atoms with Crippen molar-refractivity contribution in [3.05, 3.63) is 48.5 Å². The van der Waals surface area contributed by atoms with Crippen LogP contribution in [0.3, 0.4) is 0 Å². The van der Waals surface area contributed by atoms with Crippen LogP contribution in [0.1, 0.15) is 5.56 Å². The van der Waals surface area contributed by atoms with Gasteiger partial charge in [0.2, 0.25) is 0 Å². The van der Waals surface area contributed by atoms with Crippen molar-refractivity contribution in [2.45, 2.75) is 19.6 Å². The molecule has 108 valence electrons. The maximum absolute atomic E-state index is 9.82. The number of aliphatic hydroxyl groups is 1. The van der Waals surface area contributed by atoms with Crippen LogP contribution in [-0.4, -0.2) is 40.5 Å². The first-order valence-electron chi connectivity index (χ1n) is 6.78. The van der Waals surface area contributed by atoms with Crippen LogP contribution in [0.15, 0.2) is 43.0 Å². The van der Waals surface area contributed by atoms with Crippen LogP contribution < -0.4 is 10.1 Å². The zero-order valence-electron chi connectivity index (χ0n) is 11.7. The molecule has 1 unspecified atom stereocenters. The molecule has 20 heavy (non-hydrogen) atoms. The molecule has 1 aromatic carbocycles. The van der Waals surface area contributed by atoms with Gasteiger partial charge in [0.05, 0.1) is 6.33 Å². The molecule has 0 aliphatic heterocycles. The number of rotatable bonds is 8. The normalized spacial score (nSPS) is 12.3. The molecule has 0 bridgehead atoms. The molecule has 5 heteroatoms. The molecule has 2 rings (SSSR count). The molecule has 0 radical (unpaired) electrons. The number of hydrogen-bond donors (Lipinski definition) is 2. The number of ether oxygens (including phenoxy) is 1. The van der Waals surface area contributed by atoms with Gasteiger partial charge in [0.25, 0.3) is 0 Å². The van der Waals surface area contributed by atoms with E-state index in [1.54, 1.807) is 12.5 Å². The van der Waals surface area contributed by atoms with E-state index in [-0.39, 0.29) is 0 Å². The standard InChI is InChI=1S/C15H21N3O2/c1-13-2-4-15(5-3-13)20-11-14(19)10-16-6-8-18-9-7-17-12-18/h2-5,7,9,12,14,16,19H,6,8,10-11H2,1H3. The Morgan fingerprint density at radius 3 is 2.85 bits per heavy atom. The summed E-state index contributed by atoms with van der Waals surface area (Å²) in [6.45, 7) is 4.47. The van der Waals surface area contributed by atoms with E-state index in [9.17, 15) is 5.11 Å². The molecule has 0 amide bonds. The Balaban J connectivity index is 1.58. The molecular formula is C15H21N3O2. The molecule has 0 aliphatic rings. The van der Waals surface area contributed by atoms with Crippen molar-refractivity contribution >= 4 is 0 Å². The van der Waals surface area contributed by atoms with E-state index in [0.29, 0.717) is 13.2 Å². The average Bonchev–Trinajstić information content (AvgIpc) is 2.96. The lowest BCUT2D eigenvalue weighted by Crippen LogP contribution is -2.33. The summed E-state index contributed by atoms with van der Waals surface area (Å²) in [5.74, 6) is 0.785. The van der Waals surface area contributed by atoms with Gasteiger partial charge in [0.1, 0.15) is 18.5 Å². The lowest BCUT2D eigenvalue weighted by Gasteiger charge is -2.13. The third-order valence-electron chi connectivity index (χ3n) is 2.95. The fourth-order valence-electron chi connectivity index (χ4n) is 1.78. The van der Waals surface area contributed by atoms with Crippen molar-refractivity contribution in [1.29, 1.82) is 0 Å². The highest BCUT2D eigenvalue weighted by molar-refractivity contribution is 5.26. The third-order valence-corrected chi connectivity index (χ3v) is 2.95. The fourth-order valence-corrected chi connectivity index (χ4v) is 1.78. The Morgan fingerprint density at radius 1 is 1.35 bits per heavy atom. The van der Waals surface area contributed by atoms with Gasteiger partial charge in [-0.15, -0.1) is 0 Å². The van der Waals surface area contributed by atoms with Crippen LogP contribution in [0.5, 0.6) is 5.75 Å². The molecule has 0 saturated heterocycles. The minimum atomic E-state index is -0.515. The van der Waals surface area contributed by atoms with Gasteiger partial charge in [-0.25, -0.2) is 4.98 Å². The average molecular weight is 275 g/mol. The number of aryl methyl sites for hydroxylation is 1. The zero-order valence-corrected chi connectivity index (χ0v) is 11.7. The molecule has 2 N–H and O–H groups in total. The Labute approximate surface area is 119 Å². The number of aliphatic hydroxyl groups excluding tert-OH is 1. The van der Waals surface area contributed by atoms with Crippen LogP contribution in [0, 0.1) is 6.92 Å². The number of benzene rings is 1. The summed E-state index contributed by atoms with van der Waals surface area (Å²) in [4.78, 5) is 3.97. The van der Waals surface area contributed by atoms with Gasteiger partial charge >= 0.3 is 0 Å². The number of nitrogens with one attached hydrogen (secondary N) is 1. The van der Waals surface area contributed by atoms with E-state index in [1.165, 1.54) is 5.56 Å². The second-order valence-corrected chi connectivity index (χ2v) is 4.78. The minimum absolute atomic E-state index is 0.293. The Hall–Kier alpha value is -1.85. The van der Waals surface area contributed by atoms with Gasteiger partial charge in [0, 0.05) is 32.0 Å². The summed E-state index contributed by atoms with van der Waals surface area (Å²) in [7, 11) is 0. The molecule has 1 heterocycles. The predicted molar refractivity (Wildman–Crippen MR) is 77.8 cm³/mol. The zero-order chi connectivity index (χ0) is 14.2. The molecule has 0 fully saturated rings. The van der Waals surface area contributed by atoms with Crippen molar-refractivity contribution in [3.8, 4) is 5.75 Å². The van der Waals surface area contributed by atoms with Crippen LogP contribution in [-0.2, 0) is 6.54 Å². The monoisotopic (exact) mass is 275 g/mol. The molecular weight excluding hydrogens is 254 g/mol. The van der Waals surface area contributed by atoms with E-state index in [1.807, 2.05) is 42.0 Å². The first-order chi connectivity index (χ1) is 9.74. The molecule has 0 spiro atoms. The Bertz CT molecular complexity index is 482. The molecule has 0 aliphatic carbocycles. The summed E-state index contributed by atoms with van der Waals surface area (Å²) in [5, 5.41) is 13.0. The fraction of sp³-hybridized carbons (Fsp3) is 0.400. The van der Waals surface area contributed by atoms with E-state index in [2.05, 4.69) is 10.3 Å². The second-order valence-electron chi connectivity index (χ2n) is 4.78. The Kier molecular flexibility index (Phi) is 5.58. The van der Waals surface area contributed by atoms with Gasteiger partial charge < -0.3 is 19.7 Å². The summed E-state index contributed by atoms with van der Waals surface area (Å²) < 4.78 is 7.51. The van der Waals surface area contributed by atoms with Crippen molar-refractivity contribution in [1.82, 2.24) is 14.9 Å². The highest BCUT2D eigenvalue weighted by atomic mass is 16.5.